The Morgan fingerprint density at radius 3 is 1.97 bits per heavy atom. The lowest BCUT2D eigenvalue weighted by Gasteiger charge is -2.20. The van der Waals surface area contributed by atoms with Gasteiger partial charge in [0.05, 0.1) is 29.2 Å². The summed E-state index contributed by atoms with van der Waals surface area (Å²) in [5, 5.41) is 27.9. The average Bonchev–Trinajstić information content (AvgIpc) is 3.32. The first-order valence-corrected chi connectivity index (χ1v) is 13.3. The van der Waals surface area contributed by atoms with Crippen LogP contribution in [0.3, 0.4) is 0 Å². The van der Waals surface area contributed by atoms with E-state index >= 15 is 0 Å². The van der Waals surface area contributed by atoms with Crippen molar-refractivity contribution in [2.45, 2.75) is 47.0 Å². The van der Waals surface area contributed by atoms with Gasteiger partial charge in [0.2, 0.25) is 0 Å². The van der Waals surface area contributed by atoms with Gasteiger partial charge in [-0.15, -0.1) is 10.2 Å². The standard InChI is InChI=1S/C28H34N6OS/c1-5-21(4)9-8-18-35-27-19-22(20-29)28(36-27)33-32-24-12-10-23(11-13-24)30-31-25-14-16-26(17-15-25)34(6-2)7-3/h10-17,19,21H,5-9,18H2,1-4H3. The van der Waals surface area contributed by atoms with Crippen molar-refractivity contribution in [1.29, 1.82) is 5.26 Å². The van der Waals surface area contributed by atoms with Crippen LogP contribution < -0.4 is 9.64 Å². The number of hydrogen-bond acceptors (Lipinski definition) is 8. The molecule has 0 amide bonds. The van der Waals surface area contributed by atoms with Gasteiger partial charge in [0.15, 0.2) is 10.1 Å². The highest BCUT2D eigenvalue weighted by Crippen LogP contribution is 2.37. The molecule has 1 unspecified atom stereocenters. The first kappa shape index (κ1) is 27.0. The third-order valence-corrected chi connectivity index (χ3v) is 6.89. The van der Waals surface area contributed by atoms with E-state index in [-0.39, 0.29) is 0 Å². The first-order chi connectivity index (χ1) is 17.6. The molecule has 0 aliphatic rings. The van der Waals surface area contributed by atoms with Gasteiger partial charge in [-0.3, -0.25) is 0 Å². The molecule has 0 aliphatic carbocycles. The molecule has 8 heteroatoms. The number of hydrogen-bond donors (Lipinski definition) is 0. The predicted molar refractivity (Wildman–Crippen MR) is 148 cm³/mol. The second kappa shape index (κ2) is 14.1. The van der Waals surface area contributed by atoms with Crippen LogP contribution in [0.4, 0.5) is 27.8 Å². The summed E-state index contributed by atoms with van der Waals surface area (Å²) in [6.45, 7) is 11.3. The second-order valence-corrected chi connectivity index (χ2v) is 9.50. The molecule has 1 atom stereocenters. The van der Waals surface area contributed by atoms with E-state index in [9.17, 15) is 5.26 Å². The van der Waals surface area contributed by atoms with Gasteiger partial charge in [0, 0.05) is 24.8 Å². The molecule has 36 heavy (non-hydrogen) atoms. The van der Waals surface area contributed by atoms with Crippen LogP contribution in [0.15, 0.2) is 75.1 Å². The van der Waals surface area contributed by atoms with Gasteiger partial charge < -0.3 is 9.64 Å². The molecule has 1 aromatic heterocycles. The Bertz CT molecular complexity index is 1170. The van der Waals surface area contributed by atoms with Crippen LogP contribution in [0.5, 0.6) is 5.06 Å². The zero-order valence-electron chi connectivity index (χ0n) is 21.5. The Morgan fingerprint density at radius 1 is 0.889 bits per heavy atom. The molecule has 1 heterocycles. The number of nitriles is 1. The van der Waals surface area contributed by atoms with Crippen LogP contribution in [0, 0.1) is 17.2 Å². The van der Waals surface area contributed by atoms with E-state index < -0.39 is 0 Å². The van der Waals surface area contributed by atoms with E-state index in [2.05, 4.69) is 71.3 Å². The van der Waals surface area contributed by atoms with Crippen LogP contribution in [0.1, 0.15) is 52.5 Å². The largest absolute Gasteiger partial charge is 0.484 e. The maximum Gasteiger partial charge on any atom is 0.177 e. The van der Waals surface area contributed by atoms with Gasteiger partial charge in [-0.25, -0.2) is 0 Å². The zero-order chi connectivity index (χ0) is 25.8. The van der Waals surface area contributed by atoms with Crippen molar-refractivity contribution >= 4 is 39.1 Å². The number of thiophene rings is 1. The molecule has 0 fully saturated rings. The Kier molecular flexibility index (Phi) is 10.6. The first-order valence-electron chi connectivity index (χ1n) is 12.5. The van der Waals surface area contributed by atoms with E-state index in [1.807, 2.05) is 36.4 Å². The smallest absolute Gasteiger partial charge is 0.177 e. The summed E-state index contributed by atoms with van der Waals surface area (Å²) in [5.41, 5.74) is 3.85. The fraction of sp³-hybridized carbons (Fsp3) is 0.393. The highest BCUT2D eigenvalue weighted by Gasteiger charge is 2.10. The van der Waals surface area contributed by atoms with Crippen LogP contribution in [-0.4, -0.2) is 19.7 Å². The van der Waals surface area contributed by atoms with Gasteiger partial charge >= 0.3 is 0 Å². The fourth-order valence-corrected chi connectivity index (χ4v) is 4.32. The minimum atomic E-state index is 0.470. The highest BCUT2D eigenvalue weighted by atomic mass is 32.1. The maximum absolute atomic E-state index is 9.44. The second-order valence-electron chi connectivity index (χ2n) is 8.51. The minimum absolute atomic E-state index is 0.470. The van der Waals surface area contributed by atoms with Crippen molar-refractivity contribution in [1.82, 2.24) is 0 Å². The Hall–Kier alpha value is -3.57. The van der Waals surface area contributed by atoms with Gasteiger partial charge in [-0.2, -0.15) is 15.5 Å². The molecule has 0 spiro atoms. The van der Waals surface area contributed by atoms with Crippen LogP contribution in [0.25, 0.3) is 0 Å². The lowest BCUT2D eigenvalue weighted by molar-refractivity contribution is 0.301. The lowest BCUT2D eigenvalue weighted by Crippen LogP contribution is -2.21. The quantitative estimate of drug-likeness (QED) is 0.172. The third kappa shape index (κ3) is 7.99. The summed E-state index contributed by atoms with van der Waals surface area (Å²) < 4.78 is 5.83. The molecule has 7 nitrogen and oxygen atoms in total. The predicted octanol–water partition coefficient (Wildman–Crippen LogP) is 9.50. The molecule has 3 rings (SSSR count). The van der Waals surface area contributed by atoms with Crippen molar-refractivity contribution in [2.75, 3.05) is 24.6 Å². The third-order valence-electron chi connectivity index (χ3n) is 5.96. The number of nitrogens with zero attached hydrogens (tertiary/aromatic N) is 6. The number of benzene rings is 2. The summed E-state index contributed by atoms with van der Waals surface area (Å²) in [6.07, 6.45) is 3.31. The molecule has 0 radical (unpaired) electrons. The lowest BCUT2D eigenvalue weighted by atomic mass is 10.0. The maximum atomic E-state index is 9.44. The summed E-state index contributed by atoms with van der Waals surface area (Å²) in [6, 6.07) is 19.3. The molecule has 0 saturated carbocycles. The average molecular weight is 503 g/mol. The molecule has 0 N–H and O–H groups in total. The van der Waals surface area contributed by atoms with E-state index in [4.69, 9.17) is 4.74 Å². The van der Waals surface area contributed by atoms with E-state index in [0.717, 1.165) is 37.3 Å². The van der Waals surface area contributed by atoms with Crippen molar-refractivity contribution in [3.05, 3.63) is 60.2 Å². The van der Waals surface area contributed by atoms with Crippen LogP contribution in [0.2, 0.25) is 0 Å². The van der Waals surface area contributed by atoms with E-state index in [0.29, 0.717) is 33.8 Å². The van der Waals surface area contributed by atoms with Gasteiger partial charge in [-0.05, 0) is 81.1 Å². The molecular formula is C28H34N6OS. The van der Waals surface area contributed by atoms with E-state index in [1.54, 1.807) is 6.07 Å². The monoisotopic (exact) mass is 502 g/mol. The number of anilines is 1. The topological polar surface area (TPSA) is 85.7 Å². The summed E-state index contributed by atoms with van der Waals surface area (Å²) in [5.74, 6) is 0.702. The Morgan fingerprint density at radius 2 is 1.44 bits per heavy atom. The van der Waals surface area contributed by atoms with Gasteiger partial charge in [-0.1, -0.05) is 31.6 Å². The molecule has 0 aliphatic heterocycles. The normalized spacial score (nSPS) is 12.2. The SMILES string of the molecule is CCC(C)CCCOc1cc(C#N)c(N=Nc2ccc(N=Nc3ccc(N(CC)CC)cc3)cc2)s1. The van der Waals surface area contributed by atoms with Crippen molar-refractivity contribution in [3.63, 3.8) is 0 Å². The van der Waals surface area contributed by atoms with Crippen LogP contribution >= 0.6 is 11.3 Å². The summed E-state index contributed by atoms with van der Waals surface area (Å²) >= 11 is 1.34. The van der Waals surface area contributed by atoms with Gasteiger partial charge in [0.25, 0.3) is 0 Å². The molecule has 2 aromatic carbocycles. The van der Waals surface area contributed by atoms with Gasteiger partial charge in [0.1, 0.15) is 6.07 Å². The van der Waals surface area contributed by atoms with Crippen molar-refractivity contribution in [2.24, 2.45) is 26.4 Å². The summed E-state index contributed by atoms with van der Waals surface area (Å²) in [4.78, 5) is 2.28. The van der Waals surface area contributed by atoms with Crippen LogP contribution in [-0.2, 0) is 0 Å². The fourth-order valence-electron chi connectivity index (χ4n) is 3.52. The molecule has 0 bridgehead atoms. The summed E-state index contributed by atoms with van der Waals surface area (Å²) in [7, 11) is 0. The van der Waals surface area contributed by atoms with Crippen molar-refractivity contribution in [3.8, 4) is 11.1 Å². The number of azo groups is 2. The highest BCUT2D eigenvalue weighted by molar-refractivity contribution is 7.17. The minimum Gasteiger partial charge on any atom is -0.484 e. The number of ether oxygens (including phenoxy) is 1. The molecule has 0 saturated heterocycles. The molecule has 188 valence electrons. The molecule has 3 aromatic rings. The zero-order valence-corrected chi connectivity index (χ0v) is 22.3. The Labute approximate surface area is 218 Å². The number of rotatable bonds is 13. The Balaban J connectivity index is 1.57. The van der Waals surface area contributed by atoms with E-state index in [1.165, 1.54) is 23.4 Å². The molecular weight excluding hydrogens is 468 g/mol. The van der Waals surface area contributed by atoms with Crippen molar-refractivity contribution < 1.29 is 4.74 Å².